The molecule has 0 radical (unpaired) electrons. The van der Waals surface area contributed by atoms with E-state index in [1.54, 1.807) is 17.2 Å². The predicted octanol–water partition coefficient (Wildman–Crippen LogP) is -0.586. The number of hydrogen-bond donors (Lipinski definition) is 0. The first-order valence-corrected chi connectivity index (χ1v) is 20.7. The number of anilines is 2. The third kappa shape index (κ3) is 9.27. The van der Waals surface area contributed by atoms with Crippen LogP contribution in [0.15, 0.2) is 107 Å². The fourth-order valence-corrected chi connectivity index (χ4v) is 8.91. The van der Waals surface area contributed by atoms with Gasteiger partial charge in [-0.05, 0) is 91.4 Å². The van der Waals surface area contributed by atoms with Crippen molar-refractivity contribution in [2.24, 2.45) is 0 Å². The zero-order chi connectivity index (χ0) is 39.1. The van der Waals surface area contributed by atoms with Crippen LogP contribution in [0.4, 0.5) is 11.4 Å². The van der Waals surface area contributed by atoms with E-state index in [0.29, 0.717) is 79.0 Å². The van der Waals surface area contributed by atoms with Crippen molar-refractivity contribution in [3.8, 4) is 11.7 Å². The molecule has 2 aromatic heterocycles. The molecule has 9 rings (SSSR count). The molecule has 0 aliphatic carbocycles. The summed E-state index contributed by atoms with van der Waals surface area (Å²) in [6.07, 6.45) is 5.66. The van der Waals surface area contributed by atoms with Crippen molar-refractivity contribution in [2.75, 3.05) is 37.7 Å². The molecule has 59 heavy (non-hydrogen) atoms. The third-order valence-corrected chi connectivity index (χ3v) is 11.7. The minimum atomic E-state index is -5.28. The number of carbonyl (C=O) groups excluding carboxylic acids is 2. The second-order valence-corrected chi connectivity index (χ2v) is 15.9. The van der Waals surface area contributed by atoms with E-state index in [2.05, 4.69) is 32.2 Å². The Kier molecular flexibility index (Phi) is 13.8. The van der Waals surface area contributed by atoms with Crippen LogP contribution in [0.2, 0.25) is 0 Å². The van der Waals surface area contributed by atoms with E-state index < -0.39 is 13.9 Å². The van der Waals surface area contributed by atoms with Crippen molar-refractivity contribution < 1.29 is 101 Å². The van der Waals surface area contributed by atoms with Gasteiger partial charge < -0.3 is 42.2 Å². The summed E-state index contributed by atoms with van der Waals surface area (Å²) in [7, 11) is -5.28. The molecular formula is C43H41N4Na2O9P. The summed E-state index contributed by atoms with van der Waals surface area (Å²) in [5.74, 6) is -0.308. The van der Waals surface area contributed by atoms with Gasteiger partial charge in [0.25, 0.3) is 17.8 Å². The Morgan fingerprint density at radius 2 is 1.58 bits per heavy atom. The van der Waals surface area contributed by atoms with Crippen LogP contribution in [0.3, 0.4) is 0 Å². The zero-order valence-electron chi connectivity index (χ0n) is 33.2. The molecule has 4 aliphatic heterocycles. The molecule has 6 heterocycles. The van der Waals surface area contributed by atoms with Crippen LogP contribution in [0.5, 0.6) is 11.7 Å². The first kappa shape index (κ1) is 43.7. The van der Waals surface area contributed by atoms with Crippen LogP contribution >= 0.6 is 7.82 Å². The van der Waals surface area contributed by atoms with Gasteiger partial charge in [-0.2, -0.15) is 0 Å². The summed E-state index contributed by atoms with van der Waals surface area (Å²) in [6, 6.07) is 26.7. The van der Waals surface area contributed by atoms with Gasteiger partial charge in [0.05, 0.1) is 41.9 Å². The number of morpholine rings is 1. The number of furan rings is 1. The molecule has 0 bridgehead atoms. The Morgan fingerprint density at radius 3 is 2.32 bits per heavy atom. The Hall–Kier alpha value is -3.43. The van der Waals surface area contributed by atoms with Crippen molar-refractivity contribution in [3.05, 3.63) is 136 Å². The van der Waals surface area contributed by atoms with Crippen molar-refractivity contribution in [1.82, 2.24) is 14.4 Å². The smallest absolute Gasteiger partial charge is 0.780 e. The molecule has 0 saturated carbocycles. The molecule has 2 atom stereocenters. The van der Waals surface area contributed by atoms with E-state index in [9.17, 15) is 19.1 Å². The topological polar surface area (TPSA) is 153 Å². The number of rotatable bonds is 9. The van der Waals surface area contributed by atoms with Gasteiger partial charge in [0.2, 0.25) is 0 Å². The van der Waals surface area contributed by atoms with Crippen molar-refractivity contribution in [2.45, 2.75) is 50.9 Å². The second-order valence-electron chi connectivity index (χ2n) is 14.8. The molecule has 5 aromatic rings. The number of benzene rings is 3. The Balaban J connectivity index is 0.00000264. The van der Waals surface area contributed by atoms with E-state index in [1.165, 1.54) is 29.8 Å². The monoisotopic (exact) mass is 834 g/mol. The van der Waals surface area contributed by atoms with Crippen LogP contribution < -0.4 is 83.1 Å². The summed E-state index contributed by atoms with van der Waals surface area (Å²) < 4.78 is 36.0. The van der Waals surface area contributed by atoms with Gasteiger partial charge in [0.15, 0.2) is 6.10 Å². The van der Waals surface area contributed by atoms with Gasteiger partial charge in [-0.25, -0.2) is 0 Å². The molecular weight excluding hydrogens is 793 g/mol. The number of hydrogen-bond acceptors (Lipinski definition) is 10. The van der Waals surface area contributed by atoms with E-state index in [4.69, 9.17) is 13.9 Å². The molecule has 0 spiro atoms. The van der Waals surface area contributed by atoms with Gasteiger partial charge in [0.1, 0.15) is 13.6 Å². The maximum atomic E-state index is 15.2. The van der Waals surface area contributed by atoms with Gasteiger partial charge in [-0.1, -0.05) is 42.5 Å². The molecule has 4 aliphatic rings. The molecule has 2 amide bonds. The van der Waals surface area contributed by atoms with E-state index in [0.717, 1.165) is 43.6 Å². The van der Waals surface area contributed by atoms with Crippen molar-refractivity contribution in [3.63, 3.8) is 0 Å². The van der Waals surface area contributed by atoms with Crippen LogP contribution in [-0.2, 0) is 40.0 Å². The van der Waals surface area contributed by atoms with E-state index in [-0.39, 0.29) is 82.7 Å². The fourth-order valence-electron chi connectivity index (χ4n) is 8.53. The maximum absolute atomic E-state index is 15.2. The van der Waals surface area contributed by atoms with Crippen LogP contribution in [-0.4, -0.2) is 65.1 Å². The predicted molar refractivity (Wildman–Crippen MR) is 207 cm³/mol. The third-order valence-electron chi connectivity index (χ3n) is 11.2. The first-order valence-electron chi connectivity index (χ1n) is 19.3. The second kappa shape index (κ2) is 18.7. The zero-order valence-corrected chi connectivity index (χ0v) is 38.1. The first-order chi connectivity index (χ1) is 27.7. The number of amides is 2. The number of aromatic nitrogens is 1. The molecule has 13 nitrogen and oxygen atoms in total. The standard InChI is InChI=1S/C43H43N4O9P.2Na/c48-41(46-27-31-9-5-4-8-29(31)24-34(46)28-44-19-22-53-23-20-44)37-25-30-17-21-54-43(30)55-40(37)39-26-36(38-12-6-7-18-45(38)39)42(49)47(32-10-2-1-3-11-32)33-13-15-35(16-14-33)56-57(50,51)52;;/h1-5,8-11,13-17,21,25-26,34,40H,6-7,12,18-20,22-24,27-28H2,(H2,50,51,52);;/q;2*+1/p-2/t34-,40?;;/m1../s1. The number of ether oxygens (including phenoxy) is 2. The summed E-state index contributed by atoms with van der Waals surface area (Å²) in [6.45, 7) is 4.74. The van der Waals surface area contributed by atoms with Gasteiger partial charge in [-0.15, -0.1) is 0 Å². The average Bonchev–Trinajstić information content (AvgIpc) is 3.85. The van der Waals surface area contributed by atoms with Gasteiger partial charge in [0, 0.05) is 55.8 Å². The maximum Gasteiger partial charge on any atom is 1.00 e. The van der Waals surface area contributed by atoms with E-state index >= 15 is 4.79 Å². The summed E-state index contributed by atoms with van der Waals surface area (Å²) >= 11 is 0. The molecule has 1 fully saturated rings. The Morgan fingerprint density at radius 1 is 0.864 bits per heavy atom. The summed E-state index contributed by atoms with van der Waals surface area (Å²) in [5.41, 5.74) is 6.47. The molecule has 294 valence electrons. The normalized spacial score (nSPS) is 18.7. The number of phosphoric acid groups is 1. The number of phosphoric ester groups is 1. The van der Waals surface area contributed by atoms with Gasteiger partial charge in [-0.3, -0.25) is 19.4 Å². The van der Waals surface area contributed by atoms with E-state index in [1.807, 2.05) is 53.4 Å². The van der Waals surface area contributed by atoms with Gasteiger partial charge >= 0.3 is 59.1 Å². The van der Waals surface area contributed by atoms with Crippen LogP contribution in [0.1, 0.15) is 57.4 Å². The molecule has 1 saturated heterocycles. The van der Waals surface area contributed by atoms with Crippen LogP contribution in [0.25, 0.3) is 6.08 Å². The quantitative estimate of drug-likeness (QED) is 0.139. The molecule has 3 aromatic carbocycles. The SMILES string of the molecule is O=C(c1cc(C2Oc3occc3C=C2C(=O)N2Cc3ccccc3C[C@@H]2CN2CCOCC2)n2c1CCCC2)N(c1ccccc1)c1ccc(OP(=O)([O-])[O-])cc1.[Na+].[Na+]. The average molecular weight is 835 g/mol. The summed E-state index contributed by atoms with van der Waals surface area (Å²) in [5, 5.41) is 0. The minimum absolute atomic E-state index is 0. The van der Waals surface area contributed by atoms with Crippen molar-refractivity contribution >= 4 is 37.1 Å². The van der Waals surface area contributed by atoms with Crippen LogP contribution in [0, 0.1) is 0 Å². The molecule has 0 N–H and O–H groups in total. The number of carbonyl (C=O) groups is 2. The number of nitrogens with zero attached hydrogens (tertiary/aromatic N) is 4. The summed E-state index contributed by atoms with van der Waals surface area (Å²) in [4.78, 5) is 58.6. The number of fused-ring (bicyclic) bond motifs is 3. The molecule has 1 unspecified atom stereocenters. The Bertz CT molecular complexity index is 2370. The molecule has 16 heteroatoms. The minimum Gasteiger partial charge on any atom is -0.780 e. The Labute approximate surface area is 386 Å². The number of para-hydroxylation sites is 1. The van der Waals surface area contributed by atoms with Crippen molar-refractivity contribution in [1.29, 1.82) is 0 Å². The fraction of sp³-hybridized carbons (Fsp3) is 0.302. The largest absolute Gasteiger partial charge is 1.00 e.